The summed E-state index contributed by atoms with van der Waals surface area (Å²) in [4.78, 5) is 0. The minimum absolute atomic E-state index is 0.994. The van der Waals surface area contributed by atoms with Crippen molar-refractivity contribution in [3.05, 3.63) is 48.2 Å². The molecular weight excluding hydrogens is 146 g/mol. The molecule has 64 valence electrons. The lowest BCUT2D eigenvalue weighted by Crippen LogP contribution is -2.05. The van der Waals surface area contributed by atoms with Gasteiger partial charge >= 0.3 is 0 Å². The predicted octanol–water partition coefficient (Wildman–Crippen LogP) is 2.55. The summed E-state index contributed by atoms with van der Waals surface area (Å²) < 4.78 is 0. The second kappa shape index (κ2) is 4.60. The van der Waals surface area contributed by atoms with E-state index in [1.807, 2.05) is 6.20 Å². The van der Waals surface area contributed by atoms with Crippen molar-refractivity contribution in [1.29, 1.82) is 0 Å². The molecule has 1 aliphatic heterocycles. The fraction of sp³-hybridized carbons (Fsp3) is 0.273. The molecule has 0 aromatic heterocycles. The van der Waals surface area contributed by atoms with Crippen LogP contribution in [0.25, 0.3) is 0 Å². The van der Waals surface area contributed by atoms with Gasteiger partial charge in [-0.1, -0.05) is 24.8 Å². The summed E-state index contributed by atoms with van der Waals surface area (Å²) >= 11 is 0. The van der Waals surface area contributed by atoms with Gasteiger partial charge in [-0.05, 0) is 36.8 Å². The Hall–Kier alpha value is -1.24. The van der Waals surface area contributed by atoms with Gasteiger partial charge in [0.1, 0.15) is 0 Å². The van der Waals surface area contributed by atoms with Gasteiger partial charge in [-0.25, -0.2) is 0 Å². The minimum atomic E-state index is 0.994. The number of hydrogen-bond acceptors (Lipinski definition) is 1. The summed E-state index contributed by atoms with van der Waals surface area (Å²) in [5.41, 5.74) is 2.29. The Morgan fingerprint density at radius 3 is 3.08 bits per heavy atom. The molecule has 1 aliphatic rings. The van der Waals surface area contributed by atoms with E-state index >= 15 is 0 Å². The summed E-state index contributed by atoms with van der Waals surface area (Å²) in [6.07, 6.45) is 11.4. The number of allylic oxidation sites excluding steroid dienone is 5. The Morgan fingerprint density at radius 2 is 2.25 bits per heavy atom. The second-order valence-corrected chi connectivity index (χ2v) is 2.94. The Bertz CT molecular complexity index is 244. The fourth-order valence-electron chi connectivity index (χ4n) is 1.06. The third-order valence-corrected chi connectivity index (χ3v) is 1.66. The van der Waals surface area contributed by atoms with Crippen molar-refractivity contribution in [2.45, 2.75) is 13.3 Å². The van der Waals surface area contributed by atoms with E-state index in [2.05, 4.69) is 43.1 Å². The van der Waals surface area contributed by atoms with Crippen molar-refractivity contribution in [3.8, 4) is 0 Å². The minimum Gasteiger partial charge on any atom is -0.391 e. The molecule has 0 radical (unpaired) electrons. The van der Waals surface area contributed by atoms with E-state index in [0.717, 1.165) is 18.5 Å². The highest BCUT2D eigenvalue weighted by molar-refractivity contribution is 5.34. The zero-order valence-corrected chi connectivity index (χ0v) is 7.51. The number of hydrogen-bond donors (Lipinski definition) is 1. The Labute approximate surface area is 74.2 Å². The van der Waals surface area contributed by atoms with E-state index in [-0.39, 0.29) is 0 Å². The van der Waals surface area contributed by atoms with Crippen LogP contribution in [0.3, 0.4) is 0 Å². The van der Waals surface area contributed by atoms with E-state index in [9.17, 15) is 0 Å². The largest absolute Gasteiger partial charge is 0.391 e. The van der Waals surface area contributed by atoms with Gasteiger partial charge in [-0.2, -0.15) is 0 Å². The Kier molecular flexibility index (Phi) is 3.39. The third-order valence-electron chi connectivity index (χ3n) is 1.66. The van der Waals surface area contributed by atoms with Gasteiger partial charge in [-0.3, -0.25) is 0 Å². The summed E-state index contributed by atoms with van der Waals surface area (Å²) in [5.74, 6) is 0. The molecule has 1 rings (SSSR count). The molecule has 12 heavy (non-hydrogen) atoms. The normalized spacial score (nSPS) is 23.8. The van der Waals surface area contributed by atoms with Crippen molar-refractivity contribution in [3.63, 3.8) is 0 Å². The molecule has 0 aromatic carbocycles. The van der Waals surface area contributed by atoms with Crippen molar-refractivity contribution >= 4 is 0 Å². The van der Waals surface area contributed by atoms with Crippen LogP contribution in [-0.4, -0.2) is 6.54 Å². The first-order chi connectivity index (χ1) is 5.79. The second-order valence-electron chi connectivity index (χ2n) is 2.94. The first-order valence-electron chi connectivity index (χ1n) is 4.23. The van der Waals surface area contributed by atoms with Gasteiger partial charge in [0.25, 0.3) is 0 Å². The molecule has 0 aromatic rings. The van der Waals surface area contributed by atoms with Crippen LogP contribution in [0.5, 0.6) is 0 Å². The lowest BCUT2D eigenvalue weighted by atomic mass is 10.1. The summed E-state index contributed by atoms with van der Waals surface area (Å²) in [6.45, 7) is 6.98. The van der Waals surface area contributed by atoms with Crippen LogP contribution in [0, 0.1) is 0 Å². The van der Waals surface area contributed by atoms with Crippen molar-refractivity contribution in [1.82, 2.24) is 5.32 Å². The lowest BCUT2D eigenvalue weighted by Gasteiger charge is -2.00. The van der Waals surface area contributed by atoms with E-state index in [4.69, 9.17) is 0 Å². The summed E-state index contributed by atoms with van der Waals surface area (Å²) in [7, 11) is 0. The molecule has 1 heteroatoms. The molecule has 0 amide bonds. The van der Waals surface area contributed by atoms with Crippen LogP contribution in [0.15, 0.2) is 48.2 Å². The molecular formula is C11H15N. The van der Waals surface area contributed by atoms with Gasteiger partial charge in [0, 0.05) is 6.54 Å². The van der Waals surface area contributed by atoms with Crippen LogP contribution in [0.1, 0.15) is 13.3 Å². The smallest absolute Gasteiger partial charge is 0.0176 e. The third kappa shape index (κ3) is 3.24. The molecule has 1 N–H and O–H groups in total. The van der Waals surface area contributed by atoms with E-state index in [1.165, 1.54) is 5.57 Å². The highest BCUT2D eigenvalue weighted by Crippen LogP contribution is 2.04. The maximum Gasteiger partial charge on any atom is 0.0176 e. The topological polar surface area (TPSA) is 12.0 Å². The quantitative estimate of drug-likeness (QED) is 0.575. The molecule has 1 nitrogen and oxygen atoms in total. The van der Waals surface area contributed by atoms with Gasteiger partial charge < -0.3 is 5.32 Å². The predicted molar refractivity (Wildman–Crippen MR) is 53.8 cm³/mol. The molecule has 0 atom stereocenters. The van der Waals surface area contributed by atoms with Crippen molar-refractivity contribution < 1.29 is 0 Å². The first kappa shape index (κ1) is 8.85. The zero-order valence-electron chi connectivity index (χ0n) is 7.51. The van der Waals surface area contributed by atoms with Gasteiger partial charge in [0.15, 0.2) is 0 Å². The van der Waals surface area contributed by atoms with Crippen LogP contribution >= 0.6 is 0 Å². The summed E-state index contributed by atoms with van der Waals surface area (Å²) in [6, 6.07) is 0. The average molecular weight is 161 g/mol. The Balaban J connectivity index is 2.73. The van der Waals surface area contributed by atoms with Crippen LogP contribution in [0.4, 0.5) is 0 Å². The Morgan fingerprint density at radius 1 is 1.42 bits per heavy atom. The van der Waals surface area contributed by atoms with Crippen LogP contribution < -0.4 is 5.32 Å². The summed E-state index contributed by atoms with van der Waals surface area (Å²) in [5, 5.41) is 3.20. The monoisotopic (exact) mass is 161 g/mol. The number of nitrogens with one attached hydrogen (secondary N) is 1. The van der Waals surface area contributed by atoms with Crippen molar-refractivity contribution in [2.75, 3.05) is 6.54 Å². The molecule has 0 fully saturated rings. The SMILES string of the molecule is C=C1C=C(C)/C=C\NCC/C=C\1. The fourth-order valence-corrected chi connectivity index (χ4v) is 1.06. The van der Waals surface area contributed by atoms with E-state index < -0.39 is 0 Å². The maximum absolute atomic E-state index is 3.92. The number of rotatable bonds is 0. The van der Waals surface area contributed by atoms with E-state index in [1.54, 1.807) is 0 Å². The standard InChI is InChI=1S/C11H15N/c1-10-5-3-4-7-12-8-6-11(2)9-10/h3,5-6,8-9,12H,1,4,7H2,2H3/b5-3-,8-6-,11-9?. The van der Waals surface area contributed by atoms with Gasteiger partial charge in [-0.15, -0.1) is 0 Å². The van der Waals surface area contributed by atoms with E-state index in [0.29, 0.717) is 0 Å². The van der Waals surface area contributed by atoms with Gasteiger partial charge in [0.05, 0.1) is 0 Å². The van der Waals surface area contributed by atoms with Crippen molar-refractivity contribution in [2.24, 2.45) is 0 Å². The zero-order chi connectivity index (χ0) is 8.81. The van der Waals surface area contributed by atoms with Crippen LogP contribution in [0.2, 0.25) is 0 Å². The highest BCUT2D eigenvalue weighted by atomic mass is 14.8. The molecule has 0 spiro atoms. The molecule has 0 unspecified atom stereocenters. The van der Waals surface area contributed by atoms with Gasteiger partial charge in [0.2, 0.25) is 0 Å². The highest BCUT2D eigenvalue weighted by Gasteiger charge is 1.87. The lowest BCUT2D eigenvalue weighted by molar-refractivity contribution is 0.850. The molecule has 0 saturated heterocycles. The maximum atomic E-state index is 3.92. The molecule has 0 aliphatic carbocycles. The molecule has 1 heterocycles. The van der Waals surface area contributed by atoms with Crippen LogP contribution in [-0.2, 0) is 0 Å². The first-order valence-corrected chi connectivity index (χ1v) is 4.23. The molecule has 0 saturated carbocycles. The average Bonchev–Trinajstić information content (AvgIpc) is 2.02. The molecule has 0 bridgehead atoms.